The molecule has 0 spiro atoms. The van der Waals surface area contributed by atoms with Gasteiger partial charge in [-0.05, 0) is 49.4 Å². The first-order valence-electron chi connectivity index (χ1n) is 6.20. The SMILES string of the molecule is CCOc1ccc(C(C)CC(O)CN)c(C)c1. The van der Waals surface area contributed by atoms with Gasteiger partial charge in [0, 0.05) is 6.54 Å². The summed E-state index contributed by atoms with van der Waals surface area (Å²) in [4.78, 5) is 0. The molecule has 0 fully saturated rings. The number of benzene rings is 1. The maximum atomic E-state index is 9.57. The third-order valence-electron chi connectivity index (χ3n) is 2.98. The quantitative estimate of drug-likeness (QED) is 0.797. The van der Waals surface area contributed by atoms with Crippen LogP contribution in [-0.4, -0.2) is 24.4 Å². The van der Waals surface area contributed by atoms with Gasteiger partial charge in [0.25, 0.3) is 0 Å². The van der Waals surface area contributed by atoms with Crippen molar-refractivity contribution in [2.45, 2.75) is 39.2 Å². The first-order chi connectivity index (χ1) is 8.08. The van der Waals surface area contributed by atoms with Gasteiger partial charge in [-0.25, -0.2) is 0 Å². The number of aryl methyl sites for hydroxylation is 1. The molecule has 1 aromatic rings. The zero-order valence-electron chi connectivity index (χ0n) is 10.9. The van der Waals surface area contributed by atoms with Gasteiger partial charge < -0.3 is 15.6 Å². The minimum absolute atomic E-state index is 0.309. The van der Waals surface area contributed by atoms with E-state index in [2.05, 4.69) is 19.9 Å². The second-order valence-electron chi connectivity index (χ2n) is 4.48. The lowest BCUT2D eigenvalue weighted by atomic mass is 9.91. The van der Waals surface area contributed by atoms with Crippen molar-refractivity contribution in [2.75, 3.05) is 13.2 Å². The Morgan fingerprint density at radius 2 is 2.12 bits per heavy atom. The molecule has 0 aliphatic rings. The fourth-order valence-electron chi connectivity index (χ4n) is 2.09. The molecule has 0 radical (unpaired) electrons. The Balaban J connectivity index is 2.77. The van der Waals surface area contributed by atoms with Crippen LogP contribution in [0.2, 0.25) is 0 Å². The smallest absolute Gasteiger partial charge is 0.119 e. The molecule has 0 heterocycles. The topological polar surface area (TPSA) is 55.5 Å². The van der Waals surface area contributed by atoms with E-state index in [-0.39, 0.29) is 0 Å². The van der Waals surface area contributed by atoms with Crippen molar-refractivity contribution in [3.8, 4) is 5.75 Å². The van der Waals surface area contributed by atoms with Gasteiger partial charge in [-0.3, -0.25) is 0 Å². The van der Waals surface area contributed by atoms with E-state index in [0.717, 1.165) is 5.75 Å². The third-order valence-corrected chi connectivity index (χ3v) is 2.98. The van der Waals surface area contributed by atoms with Gasteiger partial charge in [-0.2, -0.15) is 0 Å². The third kappa shape index (κ3) is 4.02. The van der Waals surface area contributed by atoms with E-state index in [1.165, 1.54) is 11.1 Å². The molecule has 2 unspecified atom stereocenters. The van der Waals surface area contributed by atoms with Gasteiger partial charge in [-0.15, -0.1) is 0 Å². The molecule has 2 atom stereocenters. The second kappa shape index (κ2) is 6.62. The highest BCUT2D eigenvalue weighted by atomic mass is 16.5. The van der Waals surface area contributed by atoms with Crippen molar-refractivity contribution in [1.82, 2.24) is 0 Å². The standard InChI is InChI=1S/C14H23NO2/c1-4-17-13-5-6-14(11(3)8-13)10(2)7-12(16)9-15/h5-6,8,10,12,16H,4,7,9,15H2,1-3H3. The lowest BCUT2D eigenvalue weighted by Gasteiger charge is -2.18. The van der Waals surface area contributed by atoms with Crippen molar-refractivity contribution in [1.29, 1.82) is 0 Å². The highest BCUT2D eigenvalue weighted by Gasteiger charge is 2.13. The maximum absolute atomic E-state index is 9.57. The van der Waals surface area contributed by atoms with Gasteiger partial charge in [0.15, 0.2) is 0 Å². The molecule has 0 amide bonds. The summed E-state index contributed by atoms with van der Waals surface area (Å²) in [6.45, 7) is 7.16. The summed E-state index contributed by atoms with van der Waals surface area (Å²) in [5, 5.41) is 9.57. The van der Waals surface area contributed by atoms with Crippen LogP contribution >= 0.6 is 0 Å². The van der Waals surface area contributed by atoms with E-state index < -0.39 is 6.10 Å². The minimum Gasteiger partial charge on any atom is -0.494 e. The highest BCUT2D eigenvalue weighted by Crippen LogP contribution is 2.26. The van der Waals surface area contributed by atoms with Gasteiger partial charge in [0.05, 0.1) is 12.7 Å². The first-order valence-corrected chi connectivity index (χ1v) is 6.20. The number of rotatable bonds is 6. The van der Waals surface area contributed by atoms with E-state index in [1.54, 1.807) is 0 Å². The Kier molecular flexibility index (Phi) is 5.45. The molecule has 3 N–H and O–H groups in total. The fourth-order valence-corrected chi connectivity index (χ4v) is 2.09. The molecule has 0 aromatic heterocycles. The minimum atomic E-state index is -0.420. The number of hydrogen-bond donors (Lipinski definition) is 2. The lowest BCUT2D eigenvalue weighted by molar-refractivity contribution is 0.165. The summed E-state index contributed by atoms with van der Waals surface area (Å²) in [5.74, 6) is 1.21. The van der Waals surface area contributed by atoms with Crippen LogP contribution in [0.3, 0.4) is 0 Å². The van der Waals surface area contributed by atoms with E-state index in [1.807, 2.05) is 19.1 Å². The number of aliphatic hydroxyl groups is 1. The summed E-state index contributed by atoms with van der Waals surface area (Å²) in [6.07, 6.45) is 0.279. The largest absolute Gasteiger partial charge is 0.494 e. The molecule has 1 rings (SSSR count). The van der Waals surface area contributed by atoms with Crippen molar-refractivity contribution >= 4 is 0 Å². The molecule has 0 aliphatic carbocycles. The van der Waals surface area contributed by atoms with Crippen LogP contribution in [0.5, 0.6) is 5.75 Å². The second-order valence-corrected chi connectivity index (χ2v) is 4.48. The Morgan fingerprint density at radius 3 is 2.65 bits per heavy atom. The summed E-state index contributed by atoms with van der Waals surface area (Å²) in [6, 6.07) is 6.11. The van der Waals surface area contributed by atoms with Gasteiger partial charge in [0.1, 0.15) is 5.75 Å². The highest BCUT2D eigenvalue weighted by molar-refractivity contribution is 5.36. The van der Waals surface area contributed by atoms with Crippen molar-refractivity contribution in [2.24, 2.45) is 5.73 Å². The molecule has 0 saturated heterocycles. The molecule has 96 valence electrons. The zero-order chi connectivity index (χ0) is 12.8. The average molecular weight is 237 g/mol. The van der Waals surface area contributed by atoms with Crippen LogP contribution in [0.4, 0.5) is 0 Å². The lowest BCUT2D eigenvalue weighted by Crippen LogP contribution is -2.21. The maximum Gasteiger partial charge on any atom is 0.119 e. The summed E-state index contributed by atoms with van der Waals surface area (Å²) in [5.41, 5.74) is 7.88. The molecule has 0 bridgehead atoms. The van der Waals surface area contributed by atoms with Gasteiger partial charge >= 0.3 is 0 Å². The molecule has 3 nitrogen and oxygen atoms in total. The summed E-state index contributed by atoms with van der Waals surface area (Å²) < 4.78 is 5.45. The first kappa shape index (κ1) is 14.0. The fraction of sp³-hybridized carbons (Fsp3) is 0.571. The molecular weight excluding hydrogens is 214 g/mol. The number of hydrogen-bond acceptors (Lipinski definition) is 3. The molecule has 0 saturated carbocycles. The monoisotopic (exact) mass is 237 g/mol. The van der Waals surface area contributed by atoms with Crippen LogP contribution < -0.4 is 10.5 Å². The van der Waals surface area contributed by atoms with Gasteiger partial charge in [0.2, 0.25) is 0 Å². The van der Waals surface area contributed by atoms with Crippen LogP contribution in [-0.2, 0) is 0 Å². The number of nitrogens with two attached hydrogens (primary N) is 1. The number of aliphatic hydroxyl groups excluding tert-OH is 1. The Labute approximate surface area is 104 Å². The normalized spacial score (nSPS) is 14.4. The molecule has 0 aliphatic heterocycles. The van der Waals surface area contributed by atoms with Crippen LogP contribution in [0.15, 0.2) is 18.2 Å². The molecular formula is C14H23NO2. The van der Waals surface area contributed by atoms with Crippen LogP contribution in [0, 0.1) is 6.92 Å². The van der Waals surface area contributed by atoms with E-state index in [0.29, 0.717) is 25.5 Å². The predicted octanol–water partition coefficient (Wildman–Crippen LogP) is 2.21. The van der Waals surface area contributed by atoms with E-state index >= 15 is 0 Å². The predicted molar refractivity (Wildman–Crippen MR) is 70.4 cm³/mol. The molecule has 1 aromatic carbocycles. The van der Waals surface area contributed by atoms with Crippen molar-refractivity contribution in [3.63, 3.8) is 0 Å². The molecule has 3 heteroatoms. The van der Waals surface area contributed by atoms with E-state index in [4.69, 9.17) is 10.5 Å². The van der Waals surface area contributed by atoms with Crippen LogP contribution in [0.1, 0.15) is 37.3 Å². The Morgan fingerprint density at radius 1 is 1.41 bits per heavy atom. The summed E-state index contributed by atoms with van der Waals surface area (Å²) in [7, 11) is 0. The Bertz CT molecular complexity index is 352. The zero-order valence-corrected chi connectivity index (χ0v) is 10.9. The molecule has 17 heavy (non-hydrogen) atoms. The number of ether oxygens (including phenoxy) is 1. The Hall–Kier alpha value is -1.06. The van der Waals surface area contributed by atoms with E-state index in [9.17, 15) is 5.11 Å². The van der Waals surface area contributed by atoms with Crippen molar-refractivity contribution < 1.29 is 9.84 Å². The van der Waals surface area contributed by atoms with Crippen molar-refractivity contribution in [3.05, 3.63) is 29.3 Å². The van der Waals surface area contributed by atoms with Gasteiger partial charge in [-0.1, -0.05) is 13.0 Å². The summed E-state index contributed by atoms with van der Waals surface area (Å²) >= 11 is 0. The van der Waals surface area contributed by atoms with Crippen LogP contribution in [0.25, 0.3) is 0 Å². The average Bonchev–Trinajstić information content (AvgIpc) is 2.29.